The molecule has 0 radical (unpaired) electrons. The van der Waals surface area contributed by atoms with Crippen molar-refractivity contribution < 1.29 is 24.2 Å². The number of amides is 1. The number of carbonyl (C=O) groups excluding carboxylic acids is 1. The van der Waals surface area contributed by atoms with Crippen molar-refractivity contribution in [3.8, 4) is 11.1 Å². The minimum Gasteiger partial charge on any atom is -0.480 e. The number of hydrogen-bond donors (Lipinski definition) is 1. The van der Waals surface area contributed by atoms with Crippen LogP contribution in [0.2, 0.25) is 0 Å². The molecule has 0 saturated carbocycles. The molecule has 3 aromatic rings. The van der Waals surface area contributed by atoms with Gasteiger partial charge in [-0.3, -0.25) is 0 Å². The van der Waals surface area contributed by atoms with E-state index in [9.17, 15) is 14.7 Å². The van der Waals surface area contributed by atoms with Crippen LogP contribution in [0.15, 0.2) is 77.3 Å². The number of halogens is 1. The van der Waals surface area contributed by atoms with Gasteiger partial charge in [0, 0.05) is 35.3 Å². The molecule has 2 atom stereocenters. The summed E-state index contributed by atoms with van der Waals surface area (Å²) in [6.07, 6.45) is 2.48. The molecule has 0 aromatic heterocycles. The highest BCUT2D eigenvalue weighted by molar-refractivity contribution is 9.10. The van der Waals surface area contributed by atoms with E-state index in [1.54, 1.807) is 0 Å². The number of piperidine rings is 1. The molecular formula is C30H28BrNO5. The smallest absolute Gasteiger partial charge is 0.410 e. The maximum Gasteiger partial charge on any atom is 0.410 e. The number of fused-ring (bicyclic) bond motifs is 5. The summed E-state index contributed by atoms with van der Waals surface area (Å²) >= 11 is 3.53. The predicted molar refractivity (Wildman–Crippen MR) is 142 cm³/mol. The van der Waals surface area contributed by atoms with Crippen LogP contribution in [0.25, 0.3) is 11.1 Å². The molecule has 2 saturated heterocycles. The Hall–Kier alpha value is -3.16. The summed E-state index contributed by atoms with van der Waals surface area (Å²) in [5, 5.41) is 9.34. The zero-order valence-electron chi connectivity index (χ0n) is 20.3. The second-order valence-electron chi connectivity index (χ2n) is 10.2. The molecular weight excluding hydrogens is 534 g/mol. The van der Waals surface area contributed by atoms with Crippen LogP contribution in [-0.4, -0.2) is 47.4 Å². The summed E-state index contributed by atoms with van der Waals surface area (Å²) in [4.78, 5) is 26.8. The van der Waals surface area contributed by atoms with E-state index >= 15 is 0 Å². The number of carbonyl (C=O) groups is 2. The highest BCUT2D eigenvalue weighted by Crippen LogP contribution is 2.49. The van der Waals surface area contributed by atoms with E-state index in [0.29, 0.717) is 12.8 Å². The van der Waals surface area contributed by atoms with Crippen molar-refractivity contribution >= 4 is 28.0 Å². The van der Waals surface area contributed by atoms with Gasteiger partial charge in [-0.1, -0.05) is 76.6 Å². The summed E-state index contributed by atoms with van der Waals surface area (Å²) in [6, 6.07) is 24.3. The molecule has 2 heterocycles. The zero-order chi connectivity index (χ0) is 25.6. The highest BCUT2D eigenvalue weighted by Gasteiger charge is 2.52. The minimum absolute atomic E-state index is 0.0125. The third kappa shape index (κ3) is 4.34. The van der Waals surface area contributed by atoms with Crippen LogP contribution < -0.4 is 0 Å². The molecule has 6 rings (SSSR count). The van der Waals surface area contributed by atoms with E-state index in [1.165, 1.54) is 22.3 Å². The Labute approximate surface area is 224 Å². The molecule has 1 N–H and O–H groups in total. The molecule has 190 valence electrons. The Balaban J connectivity index is 1.21. The van der Waals surface area contributed by atoms with E-state index < -0.39 is 11.6 Å². The van der Waals surface area contributed by atoms with Gasteiger partial charge >= 0.3 is 12.1 Å². The lowest BCUT2D eigenvalue weighted by Crippen LogP contribution is -2.53. The van der Waals surface area contributed by atoms with E-state index in [1.807, 2.05) is 53.4 Å². The summed E-state index contributed by atoms with van der Waals surface area (Å²) in [5.74, 6) is -0.987. The number of hydrogen-bond acceptors (Lipinski definition) is 4. The molecule has 3 aliphatic rings. The third-order valence-electron chi connectivity index (χ3n) is 8.12. The Morgan fingerprint density at radius 3 is 2.14 bits per heavy atom. The number of aliphatic carboxylic acids is 1. The maximum absolute atomic E-state index is 13.5. The van der Waals surface area contributed by atoms with Gasteiger partial charge in [-0.05, 0) is 52.8 Å². The summed E-state index contributed by atoms with van der Waals surface area (Å²) < 4.78 is 13.0. The highest BCUT2D eigenvalue weighted by atomic mass is 79.9. The van der Waals surface area contributed by atoms with Crippen LogP contribution in [0, 0.1) is 0 Å². The van der Waals surface area contributed by atoms with Crippen molar-refractivity contribution in [3.05, 3.63) is 94.0 Å². The van der Waals surface area contributed by atoms with Gasteiger partial charge in [0.2, 0.25) is 0 Å². The standard InChI is InChI=1S/C30H28BrNO5/c31-20-7-5-6-19(14-20)30(37-18-28(33)34)15-21-12-13-22(16-30)32(21)29(35)36-17-27-25-10-3-1-8-23(25)24-9-2-4-11-26(24)27/h1-11,14,21-22,27H,12-13,15-18H2,(H,33,34). The SMILES string of the molecule is O=C(O)COC1(c2cccc(Br)c2)CC2CCC(C1)N2C(=O)OCC1c2ccccc2-c2ccccc21. The van der Waals surface area contributed by atoms with Gasteiger partial charge in [0.05, 0.1) is 5.60 Å². The van der Waals surface area contributed by atoms with Crippen LogP contribution in [0.1, 0.15) is 48.3 Å². The lowest BCUT2D eigenvalue weighted by atomic mass is 9.80. The Bertz CT molecular complexity index is 1300. The summed E-state index contributed by atoms with van der Waals surface area (Å²) in [5.41, 5.74) is 4.96. The van der Waals surface area contributed by atoms with Gasteiger partial charge in [-0.15, -0.1) is 0 Å². The predicted octanol–water partition coefficient (Wildman–Crippen LogP) is 6.32. The second-order valence-corrected chi connectivity index (χ2v) is 11.1. The fraction of sp³-hybridized carbons (Fsp3) is 0.333. The number of carboxylic acid groups (broad SMARTS) is 1. The van der Waals surface area contributed by atoms with Crippen LogP contribution in [-0.2, 0) is 19.9 Å². The number of rotatable bonds is 6. The Morgan fingerprint density at radius 1 is 0.919 bits per heavy atom. The van der Waals surface area contributed by atoms with Gasteiger partial charge in [0.15, 0.2) is 0 Å². The molecule has 2 aliphatic heterocycles. The van der Waals surface area contributed by atoms with Crippen LogP contribution >= 0.6 is 15.9 Å². The normalized spacial score (nSPS) is 24.0. The van der Waals surface area contributed by atoms with Gasteiger partial charge in [-0.25, -0.2) is 9.59 Å². The lowest BCUT2D eigenvalue weighted by Gasteiger charge is -2.46. The summed E-state index contributed by atoms with van der Waals surface area (Å²) in [6.45, 7) is -0.0913. The zero-order valence-corrected chi connectivity index (χ0v) is 21.9. The first-order chi connectivity index (χ1) is 17.9. The molecule has 0 spiro atoms. The van der Waals surface area contributed by atoms with Crippen molar-refractivity contribution in [1.82, 2.24) is 4.90 Å². The van der Waals surface area contributed by atoms with E-state index in [-0.39, 0.29) is 37.3 Å². The number of ether oxygens (including phenoxy) is 2. The number of carboxylic acids is 1. The van der Waals surface area contributed by atoms with Crippen molar-refractivity contribution in [1.29, 1.82) is 0 Å². The van der Waals surface area contributed by atoms with Crippen molar-refractivity contribution in [2.45, 2.75) is 49.3 Å². The maximum atomic E-state index is 13.5. The molecule has 3 aromatic carbocycles. The molecule has 1 amide bonds. The number of benzene rings is 3. The average molecular weight is 562 g/mol. The molecule has 2 unspecified atom stereocenters. The van der Waals surface area contributed by atoms with Crippen LogP contribution in [0.5, 0.6) is 0 Å². The summed E-state index contributed by atoms with van der Waals surface area (Å²) in [7, 11) is 0. The van der Waals surface area contributed by atoms with Crippen LogP contribution in [0.4, 0.5) is 4.79 Å². The second kappa shape index (κ2) is 9.62. The first kappa shape index (κ1) is 24.2. The fourth-order valence-corrected chi connectivity index (χ4v) is 6.98. The first-order valence-electron chi connectivity index (χ1n) is 12.7. The molecule has 37 heavy (non-hydrogen) atoms. The molecule has 2 bridgehead atoms. The Morgan fingerprint density at radius 2 is 1.54 bits per heavy atom. The van der Waals surface area contributed by atoms with Crippen LogP contribution in [0.3, 0.4) is 0 Å². The molecule has 7 heteroatoms. The molecule has 1 aliphatic carbocycles. The topological polar surface area (TPSA) is 76.1 Å². The number of nitrogens with zero attached hydrogens (tertiary/aromatic N) is 1. The van der Waals surface area contributed by atoms with Gasteiger partial charge < -0.3 is 19.5 Å². The minimum atomic E-state index is -0.999. The fourth-order valence-electron chi connectivity index (χ4n) is 6.58. The third-order valence-corrected chi connectivity index (χ3v) is 8.61. The monoisotopic (exact) mass is 561 g/mol. The molecule has 6 nitrogen and oxygen atoms in total. The lowest BCUT2D eigenvalue weighted by molar-refractivity contribution is -0.157. The van der Waals surface area contributed by atoms with Gasteiger partial charge in [0.25, 0.3) is 0 Å². The first-order valence-corrected chi connectivity index (χ1v) is 13.5. The molecule has 2 fully saturated rings. The van der Waals surface area contributed by atoms with E-state index in [2.05, 4.69) is 40.2 Å². The van der Waals surface area contributed by atoms with Crippen molar-refractivity contribution in [3.63, 3.8) is 0 Å². The van der Waals surface area contributed by atoms with Crippen molar-refractivity contribution in [2.24, 2.45) is 0 Å². The van der Waals surface area contributed by atoms with Gasteiger partial charge in [0.1, 0.15) is 13.2 Å². The Kier molecular flexibility index (Phi) is 6.29. The van der Waals surface area contributed by atoms with Gasteiger partial charge in [-0.2, -0.15) is 0 Å². The van der Waals surface area contributed by atoms with Crippen molar-refractivity contribution in [2.75, 3.05) is 13.2 Å². The average Bonchev–Trinajstić information content (AvgIpc) is 3.37. The van der Waals surface area contributed by atoms with E-state index in [4.69, 9.17) is 9.47 Å². The quantitative estimate of drug-likeness (QED) is 0.381. The van der Waals surface area contributed by atoms with E-state index in [0.717, 1.165) is 22.9 Å². The largest absolute Gasteiger partial charge is 0.480 e.